The van der Waals surface area contributed by atoms with E-state index in [0.717, 1.165) is 6.07 Å². The first-order chi connectivity index (χ1) is 10.2. The van der Waals surface area contributed by atoms with Crippen LogP contribution in [0.4, 0.5) is 4.39 Å². The minimum absolute atomic E-state index is 0.199. The van der Waals surface area contributed by atoms with E-state index in [1.807, 2.05) is 6.07 Å². The first kappa shape index (κ1) is 14.7. The first-order valence-corrected chi connectivity index (χ1v) is 6.54. The van der Waals surface area contributed by atoms with Crippen LogP contribution in [0, 0.1) is 5.82 Å². The van der Waals surface area contributed by atoms with Crippen molar-refractivity contribution in [3.8, 4) is 0 Å². The molecule has 5 heteroatoms. The van der Waals surface area contributed by atoms with Gasteiger partial charge in [-0.1, -0.05) is 24.3 Å². The van der Waals surface area contributed by atoms with E-state index in [0.29, 0.717) is 12.1 Å². The van der Waals surface area contributed by atoms with Crippen molar-refractivity contribution >= 4 is 11.8 Å². The Morgan fingerprint density at radius 3 is 2.00 bits per heavy atom. The van der Waals surface area contributed by atoms with Gasteiger partial charge in [0.1, 0.15) is 5.82 Å². The lowest BCUT2D eigenvalue weighted by Gasteiger charge is -2.07. The summed E-state index contributed by atoms with van der Waals surface area (Å²) in [7, 11) is 0. The molecule has 0 saturated carbocycles. The van der Waals surface area contributed by atoms with Gasteiger partial charge < -0.3 is 10.6 Å². The van der Waals surface area contributed by atoms with Crippen LogP contribution in [0.25, 0.3) is 0 Å². The molecule has 0 atom stereocenters. The van der Waals surface area contributed by atoms with Crippen LogP contribution in [-0.4, -0.2) is 24.9 Å². The van der Waals surface area contributed by atoms with Gasteiger partial charge in [0.25, 0.3) is 11.8 Å². The average Bonchev–Trinajstić information content (AvgIpc) is 2.52. The van der Waals surface area contributed by atoms with Crippen molar-refractivity contribution in [2.75, 3.05) is 13.1 Å². The monoisotopic (exact) mass is 286 g/mol. The molecule has 0 aliphatic heterocycles. The van der Waals surface area contributed by atoms with E-state index in [-0.39, 0.29) is 23.9 Å². The Labute approximate surface area is 122 Å². The van der Waals surface area contributed by atoms with Gasteiger partial charge in [-0.15, -0.1) is 0 Å². The maximum atomic E-state index is 13.0. The molecule has 0 spiro atoms. The third-order valence-electron chi connectivity index (χ3n) is 2.82. The largest absolute Gasteiger partial charge is 0.350 e. The number of hydrogen-bond donors (Lipinski definition) is 2. The van der Waals surface area contributed by atoms with Crippen LogP contribution in [0.5, 0.6) is 0 Å². The summed E-state index contributed by atoms with van der Waals surface area (Å²) in [5, 5.41) is 5.30. The molecule has 21 heavy (non-hydrogen) atoms. The Morgan fingerprint density at radius 2 is 1.38 bits per heavy atom. The smallest absolute Gasteiger partial charge is 0.251 e. The SMILES string of the molecule is O=C(NCCNC(=O)c1cccc(F)c1)c1ccccc1. The summed E-state index contributed by atoms with van der Waals surface area (Å²) < 4.78 is 13.0. The highest BCUT2D eigenvalue weighted by molar-refractivity contribution is 5.95. The molecule has 0 saturated heterocycles. The highest BCUT2D eigenvalue weighted by Gasteiger charge is 2.06. The van der Waals surface area contributed by atoms with Gasteiger partial charge >= 0.3 is 0 Å². The number of carbonyl (C=O) groups excluding carboxylic acids is 2. The molecule has 2 rings (SSSR count). The van der Waals surface area contributed by atoms with E-state index < -0.39 is 5.82 Å². The van der Waals surface area contributed by atoms with Crippen LogP contribution in [0.2, 0.25) is 0 Å². The second kappa shape index (κ2) is 7.19. The highest BCUT2D eigenvalue weighted by atomic mass is 19.1. The normalized spacial score (nSPS) is 9.95. The molecular formula is C16H15FN2O2. The molecule has 4 nitrogen and oxygen atoms in total. The molecule has 0 aliphatic rings. The third-order valence-corrected chi connectivity index (χ3v) is 2.82. The predicted octanol–water partition coefficient (Wildman–Crippen LogP) is 1.99. The third kappa shape index (κ3) is 4.42. The number of benzene rings is 2. The maximum absolute atomic E-state index is 13.0. The lowest BCUT2D eigenvalue weighted by Crippen LogP contribution is -2.34. The lowest BCUT2D eigenvalue weighted by atomic mass is 10.2. The molecule has 2 aromatic rings. The molecule has 2 N–H and O–H groups in total. The van der Waals surface area contributed by atoms with Crippen LogP contribution in [0.15, 0.2) is 54.6 Å². The second-order valence-electron chi connectivity index (χ2n) is 4.39. The highest BCUT2D eigenvalue weighted by Crippen LogP contribution is 2.02. The Hall–Kier alpha value is -2.69. The first-order valence-electron chi connectivity index (χ1n) is 6.54. The van der Waals surface area contributed by atoms with Crippen molar-refractivity contribution in [2.24, 2.45) is 0 Å². The fraction of sp³-hybridized carbons (Fsp3) is 0.125. The van der Waals surface area contributed by atoms with Crippen molar-refractivity contribution in [1.82, 2.24) is 10.6 Å². The zero-order valence-electron chi connectivity index (χ0n) is 11.3. The Morgan fingerprint density at radius 1 is 0.810 bits per heavy atom. The molecule has 0 aliphatic carbocycles. The van der Waals surface area contributed by atoms with Gasteiger partial charge in [0.05, 0.1) is 0 Å². The van der Waals surface area contributed by atoms with Crippen molar-refractivity contribution < 1.29 is 14.0 Å². The van der Waals surface area contributed by atoms with Gasteiger partial charge in [-0.3, -0.25) is 9.59 Å². The Kier molecular flexibility index (Phi) is 5.04. The van der Waals surface area contributed by atoms with Crippen LogP contribution in [-0.2, 0) is 0 Å². The lowest BCUT2D eigenvalue weighted by molar-refractivity contribution is 0.0927. The fourth-order valence-corrected chi connectivity index (χ4v) is 1.78. The molecular weight excluding hydrogens is 271 g/mol. The maximum Gasteiger partial charge on any atom is 0.251 e. The van der Waals surface area contributed by atoms with E-state index in [2.05, 4.69) is 10.6 Å². The van der Waals surface area contributed by atoms with Crippen molar-refractivity contribution in [3.63, 3.8) is 0 Å². The Bertz CT molecular complexity index is 629. The summed E-state index contributed by atoms with van der Waals surface area (Å²) in [5.41, 5.74) is 0.818. The van der Waals surface area contributed by atoms with Crippen LogP contribution in [0.3, 0.4) is 0 Å². The van der Waals surface area contributed by atoms with Gasteiger partial charge in [-0.05, 0) is 30.3 Å². The molecule has 0 unspecified atom stereocenters. The minimum Gasteiger partial charge on any atom is -0.350 e. The minimum atomic E-state index is -0.458. The summed E-state index contributed by atoms with van der Waals surface area (Å²) in [4.78, 5) is 23.5. The number of amides is 2. The molecule has 0 heterocycles. The molecule has 2 amide bonds. The number of halogens is 1. The number of hydrogen-bond acceptors (Lipinski definition) is 2. The molecule has 2 aromatic carbocycles. The van der Waals surface area contributed by atoms with E-state index in [1.165, 1.54) is 18.2 Å². The zero-order chi connectivity index (χ0) is 15.1. The van der Waals surface area contributed by atoms with Crippen LogP contribution in [0.1, 0.15) is 20.7 Å². The Balaban J connectivity index is 1.75. The van der Waals surface area contributed by atoms with Gasteiger partial charge in [0, 0.05) is 24.2 Å². The number of carbonyl (C=O) groups is 2. The van der Waals surface area contributed by atoms with Crippen molar-refractivity contribution in [1.29, 1.82) is 0 Å². The van der Waals surface area contributed by atoms with E-state index in [1.54, 1.807) is 24.3 Å². The van der Waals surface area contributed by atoms with Crippen molar-refractivity contribution in [2.45, 2.75) is 0 Å². The van der Waals surface area contributed by atoms with E-state index in [9.17, 15) is 14.0 Å². The summed E-state index contributed by atoms with van der Waals surface area (Å²) in [6.07, 6.45) is 0. The summed E-state index contributed by atoms with van der Waals surface area (Å²) in [5.74, 6) is -1.03. The van der Waals surface area contributed by atoms with Crippen LogP contribution >= 0.6 is 0 Å². The van der Waals surface area contributed by atoms with E-state index in [4.69, 9.17) is 0 Å². The van der Waals surface area contributed by atoms with Crippen LogP contribution < -0.4 is 10.6 Å². The average molecular weight is 286 g/mol. The zero-order valence-corrected chi connectivity index (χ0v) is 11.3. The molecule has 108 valence electrons. The molecule has 0 radical (unpaired) electrons. The fourth-order valence-electron chi connectivity index (χ4n) is 1.78. The molecule has 0 bridgehead atoms. The molecule has 0 aromatic heterocycles. The predicted molar refractivity (Wildman–Crippen MR) is 77.5 cm³/mol. The second-order valence-corrected chi connectivity index (χ2v) is 4.39. The summed E-state index contributed by atoms with van der Waals surface area (Å²) in [6.45, 7) is 0.572. The molecule has 0 fully saturated rings. The van der Waals surface area contributed by atoms with Gasteiger partial charge in [-0.2, -0.15) is 0 Å². The quantitative estimate of drug-likeness (QED) is 0.826. The standard InChI is InChI=1S/C16H15FN2O2/c17-14-8-4-7-13(11-14)16(21)19-10-9-18-15(20)12-5-2-1-3-6-12/h1-8,11H,9-10H2,(H,18,20)(H,19,21). The van der Waals surface area contributed by atoms with Gasteiger partial charge in [-0.25, -0.2) is 4.39 Å². The number of rotatable bonds is 5. The van der Waals surface area contributed by atoms with Gasteiger partial charge in [0.2, 0.25) is 0 Å². The van der Waals surface area contributed by atoms with Gasteiger partial charge in [0.15, 0.2) is 0 Å². The summed E-state index contributed by atoms with van der Waals surface area (Å²) in [6, 6.07) is 14.2. The number of nitrogens with one attached hydrogen (secondary N) is 2. The topological polar surface area (TPSA) is 58.2 Å². The van der Waals surface area contributed by atoms with E-state index >= 15 is 0 Å². The summed E-state index contributed by atoms with van der Waals surface area (Å²) >= 11 is 0. The van der Waals surface area contributed by atoms with Crippen molar-refractivity contribution in [3.05, 3.63) is 71.5 Å².